The number of aliphatic carboxylic acids is 1. The van der Waals surface area contributed by atoms with Crippen molar-refractivity contribution in [2.75, 3.05) is 26.2 Å². The minimum Gasteiger partial charge on any atom is -0.480 e. The maximum atomic E-state index is 10.6. The third-order valence-corrected chi connectivity index (χ3v) is 2.05. The van der Waals surface area contributed by atoms with E-state index in [9.17, 15) is 4.79 Å². The average molecular weight is 231 g/mol. The van der Waals surface area contributed by atoms with Crippen LogP contribution in [0.1, 0.15) is 6.92 Å². The molecule has 0 bridgehead atoms. The van der Waals surface area contributed by atoms with Crippen molar-refractivity contribution >= 4 is 30.8 Å². The zero-order valence-corrected chi connectivity index (χ0v) is 9.16. The molecule has 1 saturated heterocycles. The highest BCUT2D eigenvalue weighted by atomic mass is 35.5. The lowest BCUT2D eigenvalue weighted by molar-refractivity contribution is -0.143. The van der Waals surface area contributed by atoms with E-state index in [-0.39, 0.29) is 30.9 Å². The first-order chi connectivity index (χ1) is 5.25. The normalized spacial score (nSPS) is 22.7. The highest BCUT2D eigenvalue weighted by Crippen LogP contribution is 2.01. The number of nitrogens with zero attached hydrogens (tertiary/aromatic N) is 1. The first kappa shape index (κ1) is 15.4. The van der Waals surface area contributed by atoms with E-state index in [4.69, 9.17) is 5.11 Å². The number of likely N-dealkylation sites (N-methyl/N-ethyl adjacent to an activating group) is 1. The number of nitrogens with one attached hydrogen (secondary N) is 1. The van der Waals surface area contributed by atoms with Crippen molar-refractivity contribution < 1.29 is 9.90 Å². The largest absolute Gasteiger partial charge is 0.480 e. The Balaban J connectivity index is 0. The summed E-state index contributed by atoms with van der Waals surface area (Å²) in [5.74, 6) is -0.723. The molecular weight excluding hydrogens is 215 g/mol. The number of piperazine rings is 1. The number of carboxylic acids is 1. The van der Waals surface area contributed by atoms with Gasteiger partial charge in [0, 0.05) is 19.6 Å². The van der Waals surface area contributed by atoms with E-state index in [1.807, 2.05) is 11.8 Å². The number of carboxylic acid groups (broad SMARTS) is 1. The predicted octanol–water partition coefficient (Wildman–Crippen LogP) is 0.208. The summed E-state index contributed by atoms with van der Waals surface area (Å²) in [6, 6.07) is -0.325. The number of carbonyl (C=O) groups is 1. The van der Waals surface area contributed by atoms with E-state index < -0.39 is 5.97 Å². The van der Waals surface area contributed by atoms with Crippen molar-refractivity contribution in [2.45, 2.75) is 13.0 Å². The molecule has 1 unspecified atom stereocenters. The SMILES string of the molecule is CCN1CCNCC1C(=O)O.Cl.Cl. The van der Waals surface area contributed by atoms with Gasteiger partial charge in [-0.1, -0.05) is 6.92 Å². The zero-order chi connectivity index (χ0) is 8.27. The fraction of sp³-hybridized carbons (Fsp3) is 0.857. The van der Waals surface area contributed by atoms with Crippen LogP contribution >= 0.6 is 24.8 Å². The van der Waals surface area contributed by atoms with Crippen LogP contribution in [0.25, 0.3) is 0 Å². The van der Waals surface area contributed by atoms with Gasteiger partial charge in [0.15, 0.2) is 0 Å². The standard InChI is InChI=1S/C7H14N2O2.2ClH/c1-2-9-4-3-8-5-6(9)7(10)11;;/h6,8H,2-5H2,1H3,(H,10,11);2*1H. The summed E-state index contributed by atoms with van der Waals surface area (Å²) >= 11 is 0. The average Bonchev–Trinajstić information content (AvgIpc) is 2.04. The van der Waals surface area contributed by atoms with Crippen LogP contribution in [0.15, 0.2) is 0 Å². The molecule has 1 aliphatic heterocycles. The predicted molar refractivity (Wildman–Crippen MR) is 56.0 cm³/mol. The summed E-state index contributed by atoms with van der Waals surface area (Å²) in [5, 5.41) is 11.8. The molecule has 1 aliphatic rings. The molecule has 0 aliphatic carbocycles. The molecule has 1 atom stereocenters. The molecule has 0 aromatic carbocycles. The van der Waals surface area contributed by atoms with Crippen molar-refractivity contribution in [2.24, 2.45) is 0 Å². The van der Waals surface area contributed by atoms with Gasteiger partial charge in [-0.15, -0.1) is 24.8 Å². The first-order valence-corrected chi connectivity index (χ1v) is 3.93. The van der Waals surface area contributed by atoms with Crippen LogP contribution in [-0.2, 0) is 4.79 Å². The lowest BCUT2D eigenvalue weighted by Gasteiger charge is -2.32. The van der Waals surface area contributed by atoms with Crippen molar-refractivity contribution in [3.05, 3.63) is 0 Å². The van der Waals surface area contributed by atoms with E-state index >= 15 is 0 Å². The second-order valence-electron chi connectivity index (χ2n) is 2.69. The number of rotatable bonds is 2. The molecule has 0 aromatic rings. The Morgan fingerprint density at radius 3 is 2.62 bits per heavy atom. The second-order valence-corrected chi connectivity index (χ2v) is 2.69. The number of hydrogen-bond acceptors (Lipinski definition) is 3. The van der Waals surface area contributed by atoms with Crippen LogP contribution in [0.2, 0.25) is 0 Å². The van der Waals surface area contributed by atoms with Gasteiger partial charge in [-0.05, 0) is 6.54 Å². The third kappa shape index (κ3) is 4.13. The molecular formula is C7H16Cl2N2O2. The number of halogens is 2. The zero-order valence-electron chi connectivity index (χ0n) is 7.52. The Labute approximate surface area is 90.5 Å². The Morgan fingerprint density at radius 1 is 1.62 bits per heavy atom. The first-order valence-electron chi connectivity index (χ1n) is 3.93. The lowest BCUT2D eigenvalue weighted by Crippen LogP contribution is -2.54. The van der Waals surface area contributed by atoms with Crippen molar-refractivity contribution in [3.8, 4) is 0 Å². The van der Waals surface area contributed by atoms with Crippen LogP contribution < -0.4 is 5.32 Å². The summed E-state index contributed by atoms with van der Waals surface area (Å²) in [4.78, 5) is 12.6. The molecule has 80 valence electrons. The van der Waals surface area contributed by atoms with E-state index in [1.165, 1.54) is 0 Å². The summed E-state index contributed by atoms with van der Waals surface area (Å²) < 4.78 is 0. The Kier molecular flexibility index (Phi) is 8.77. The smallest absolute Gasteiger partial charge is 0.322 e. The van der Waals surface area contributed by atoms with Gasteiger partial charge >= 0.3 is 5.97 Å². The van der Waals surface area contributed by atoms with Crippen LogP contribution in [-0.4, -0.2) is 48.2 Å². The minimum atomic E-state index is -0.723. The molecule has 0 saturated carbocycles. The highest BCUT2D eigenvalue weighted by Gasteiger charge is 2.26. The van der Waals surface area contributed by atoms with Gasteiger partial charge in [-0.2, -0.15) is 0 Å². The quantitative estimate of drug-likeness (QED) is 0.713. The van der Waals surface area contributed by atoms with Gasteiger partial charge < -0.3 is 10.4 Å². The monoisotopic (exact) mass is 230 g/mol. The Bertz CT molecular complexity index is 157. The fourth-order valence-corrected chi connectivity index (χ4v) is 1.37. The van der Waals surface area contributed by atoms with E-state index in [2.05, 4.69) is 5.32 Å². The van der Waals surface area contributed by atoms with Gasteiger partial charge in [0.05, 0.1) is 0 Å². The fourth-order valence-electron chi connectivity index (χ4n) is 1.37. The van der Waals surface area contributed by atoms with E-state index in [0.29, 0.717) is 6.54 Å². The highest BCUT2D eigenvalue weighted by molar-refractivity contribution is 5.85. The van der Waals surface area contributed by atoms with Gasteiger partial charge in [-0.3, -0.25) is 9.69 Å². The maximum absolute atomic E-state index is 10.6. The second kappa shape index (κ2) is 7.38. The van der Waals surface area contributed by atoms with Crippen molar-refractivity contribution in [1.29, 1.82) is 0 Å². The Hall–Kier alpha value is -0.0300. The summed E-state index contributed by atoms with van der Waals surface area (Å²) in [7, 11) is 0. The topological polar surface area (TPSA) is 52.6 Å². The van der Waals surface area contributed by atoms with Crippen molar-refractivity contribution in [3.63, 3.8) is 0 Å². The molecule has 6 heteroatoms. The molecule has 0 radical (unpaired) electrons. The molecule has 2 N–H and O–H groups in total. The molecule has 1 fully saturated rings. The number of hydrogen-bond donors (Lipinski definition) is 2. The lowest BCUT2D eigenvalue weighted by atomic mass is 10.2. The van der Waals surface area contributed by atoms with Crippen molar-refractivity contribution in [1.82, 2.24) is 10.2 Å². The molecule has 13 heavy (non-hydrogen) atoms. The molecule has 4 nitrogen and oxygen atoms in total. The van der Waals surface area contributed by atoms with Crippen LogP contribution in [0, 0.1) is 0 Å². The maximum Gasteiger partial charge on any atom is 0.322 e. The molecule has 1 rings (SSSR count). The molecule has 0 spiro atoms. The van der Waals surface area contributed by atoms with Crippen LogP contribution in [0.5, 0.6) is 0 Å². The van der Waals surface area contributed by atoms with E-state index in [0.717, 1.165) is 19.6 Å². The van der Waals surface area contributed by atoms with Gasteiger partial charge in [0.1, 0.15) is 6.04 Å². The summed E-state index contributed by atoms with van der Waals surface area (Å²) in [6.45, 7) is 5.12. The van der Waals surface area contributed by atoms with Gasteiger partial charge in [0.2, 0.25) is 0 Å². The van der Waals surface area contributed by atoms with Gasteiger partial charge in [-0.25, -0.2) is 0 Å². The summed E-state index contributed by atoms with van der Waals surface area (Å²) in [5.41, 5.74) is 0. The van der Waals surface area contributed by atoms with Crippen LogP contribution in [0.4, 0.5) is 0 Å². The molecule has 1 heterocycles. The molecule has 0 aromatic heterocycles. The van der Waals surface area contributed by atoms with E-state index in [1.54, 1.807) is 0 Å². The molecule has 0 amide bonds. The van der Waals surface area contributed by atoms with Crippen LogP contribution in [0.3, 0.4) is 0 Å². The summed E-state index contributed by atoms with van der Waals surface area (Å²) in [6.07, 6.45) is 0. The van der Waals surface area contributed by atoms with Gasteiger partial charge in [0.25, 0.3) is 0 Å². The Morgan fingerprint density at radius 2 is 2.23 bits per heavy atom. The third-order valence-electron chi connectivity index (χ3n) is 2.05. The minimum absolute atomic E-state index is 0.